The summed E-state index contributed by atoms with van der Waals surface area (Å²) in [5.74, 6) is 3.26. The molecule has 0 heterocycles. The Balaban J connectivity index is 2.04. The molecule has 0 aliphatic heterocycles. The smallest absolute Gasteiger partial charge is 0.0166 e. The van der Waals surface area contributed by atoms with Gasteiger partial charge in [-0.3, -0.25) is 0 Å². The molecule has 2 fully saturated rings. The molecule has 3 unspecified atom stereocenters. The number of rotatable bonds is 0. The van der Waals surface area contributed by atoms with Gasteiger partial charge in [0.1, 0.15) is 0 Å². The van der Waals surface area contributed by atoms with E-state index in [9.17, 15) is 0 Å². The van der Waals surface area contributed by atoms with E-state index in [2.05, 4.69) is 6.08 Å². The van der Waals surface area contributed by atoms with Gasteiger partial charge in [-0.1, -0.05) is 18.1 Å². The van der Waals surface area contributed by atoms with Crippen molar-refractivity contribution in [1.29, 1.82) is 0 Å². The van der Waals surface area contributed by atoms with Crippen LogP contribution < -0.4 is 0 Å². The Bertz CT molecular complexity index is 172. The first-order chi connectivity index (χ1) is 4.45. The van der Waals surface area contributed by atoms with E-state index >= 15 is 0 Å². The van der Waals surface area contributed by atoms with Crippen molar-refractivity contribution in [3.63, 3.8) is 0 Å². The molecule has 4 aliphatic carbocycles. The van der Waals surface area contributed by atoms with Crippen molar-refractivity contribution in [2.45, 2.75) is 25.7 Å². The predicted molar refractivity (Wildman–Crippen MR) is 37.0 cm³/mol. The van der Waals surface area contributed by atoms with E-state index in [0.29, 0.717) is 0 Å². The molecule has 4 aliphatic rings. The minimum Gasteiger partial charge on any atom is -0.0816 e. The fraction of sp³-hybridized carbons (Fsp3) is 0.778. The third-order valence-electron chi connectivity index (χ3n) is 3.50. The summed E-state index contributed by atoms with van der Waals surface area (Å²) in [5, 5.41) is 0. The van der Waals surface area contributed by atoms with E-state index in [-0.39, 0.29) is 0 Å². The van der Waals surface area contributed by atoms with Crippen molar-refractivity contribution < 1.29 is 0 Å². The third kappa shape index (κ3) is 0.385. The van der Waals surface area contributed by atoms with Crippen LogP contribution >= 0.6 is 0 Å². The quantitative estimate of drug-likeness (QED) is 0.430. The highest BCUT2D eigenvalue weighted by atomic mass is 14.5. The second-order valence-corrected chi connectivity index (χ2v) is 3.81. The number of allylic oxidation sites excluding steroid dienone is 2. The average Bonchev–Trinajstić information content (AvgIpc) is 2.30. The van der Waals surface area contributed by atoms with Crippen molar-refractivity contribution in [3.05, 3.63) is 11.6 Å². The van der Waals surface area contributed by atoms with Crippen LogP contribution in [0.1, 0.15) is 25.7 Å². The zero-order chi connectivity index (χ0) is 5.84. The van der Waals surface area contributed by atoms with Crippen LogP contribution in [0, 0.1) is 17.8 Å². The average molecular weight is 120 g/mol. The molecule has 0 aromatic carbocycles. The first kappa shape index (κ1) is 4.54. The van der Waals surface area contributed by atoms with Gasteiger partial charge in [0.2, 0.25) is 0 Å². The highest BCUT2D eigenvalue weighted by Gasteiger charge is 2.47. The maximum absolute atomic E-state index is 2.57. The van der Waals surface area contributed by atoms with Gasteiger partial charge in [-0.25, -0.2) is 0 Å². The lowest BCUT2D eigenvalue weighted by Crippen LogP contribution is -2.29. The summed E-state index contributed by atoms with van der Waals surface area (Å²) in [4.78, 5) is 0. The first-order valence-corrected chi connectivity index (χ1v) is 4.16. The van der Waals surface area contributed by atoms with Crippen LogP contribution in [0.4, 0.5) is 0 Å². The van der Waals surface area contributed by atoms with E-state index in [0.717, 1.165) is 17.8 Å². The Morgan fingerprint density at radius 1 is 1.33 bits per heavy atom. The van der Waals surface area contributed by atoms with Gasteiger partial charge in [-0.2, -0.15) is 0 Å². The Kier molecular flexibility index (Phi) is 0.633. The molecular weight excluding hydrogens is 108 g/mol. The molecule has 2 saturated carbocycles. The molecule has 4 rings (SSSR count). The standard InChI is InChI=1S/C9H12/c1-2-6-4-7-5-9(6)8(7)3-1/h4,6,8-9H,1-3,5H2. The molecule has 9 heavy (non-hydrogen) atoms. The van der Waals surface area contributed by atoms with Gasteiger partial charge in [0.25, 0.3) is 0 Å². The highest BCUT2D eigenvalue weighted by Crippen LogP contribution is 2.58. The topological polar surface area (TPSA) is 0 Å². The molecular formula is C9H12. The van der Waals surface area contributed by atoms with E-state index in [1.54, 1.807) is 0 Å². The van der Waals surface area contributed by atoms with Crippen LogP contribution in [0.5, 0.6) is 0 Å². The summed E-state index contributed by atoms with van der Waals surface area (Å²) in [5.41, 5.74) is 1.82. The lowest BCUT2D eigenvalue weighted by Gasteiger charge is -2.39. The molecule has 0 heteroatoms. The summed E-state index contributed by atoms with van der Waals surface area (Å²) in [6.45, 7) is 0. The van der Waals surface area contributed by atoms with Gasteiger partial charge in [-0.05, 0) is 37.0 Å². The van der Waals surface area contributed by atoms with E-state index in [4.69, 9.17) is 0 Å². The SMILES string of the molecule is C1=C2CC3C1CCCC23. The van der Waals surface area contributed by atoms with Crippen LogP contribution in [-0.4, -0.2) is 0 Å². The summed E-state index contributed by atoms with van der Waals surface area (Å²) in [7, 11) is 0. The van der Waals surface area contributed by atoms with Crippen LogP contribution in [0.15, 0.2) is 11.6 Å². The minimum absolute atomic E-state index is 1.04. The summed E-state index contributed by atoms with van der Waals surface area (Å²) in [6, 6.07) is 0. The van der Waals surface area contributed by atoms with Crippen LogP contribution in [0.25, 0.3) is 0 Å². The first-order valence-electron chi connectivity index (χ1n) is 4.16. The maximum atomic E-state index is 2.57. The minimum atomic E-state index is 1.04. The zero-order valence-electron chi connectivity index (χ0n) is 5.64. The Morgan fingerprint density at radius 2 is 2.33 bits per heavy atom. The lowest BCUT2D eigenvalue weighted by atomic mass is 9.66. The molecule has 48 valence electrons. The predicted octanol–water partition coefficient (Wildman–Crippen LogP) is 2.36. The van der Waals surface area contributed by atoms with Crippen molar-refractivity contribution >= 4 is 0 Å². The van der Waals surface area contributed by atoms with E-state index < -0.39 is 0 Å². The molecule has 0 saturated heterocycles. The largest absolute Gasteiger partial charge is 0.0816 e. The Labute approximate surface area is 56.0 Å². The molecule has 0 N–H and O–H groups in total. The molecule has 0 spiro atoms. The van der Waals surface area contributed by atoms with E-state index in [1.165, 1.54) is 25.7 Å². The highest BCUT2D eigenvalue weighted by molar-refractivity contribution is 5.30. The van der Waals surface area contributed by atoms with Gasteiger partial charge in [-0.15, -0.1) is 0 Å². The van der Waals surface area contributed by atoms with Gasteiger partial charge < -0.3 is 0 Å². The Morgan fingerprint density at radius 3 is 3.11 bits per heavy atom. The van der Waals surface area contributed by atoms with Gasteiger partial charge >= 0.3 is 0 Å². The number of hydrogen-bond acceptors (Lipinski definition) is 0. The van der Waals surface area contributed by atoms with Crippen molar-refractivity contribution in [1.82, 2.24) is 0 Å². The zero-order valence-corrected chi connectivity index (χ0v) is 5.64. The van der Waals surface area contributed by atoms with Crippen molar-refractivity contribution in [3.8, 4) is 0 Å². The molecule has 0 nitrogen and oxygen atoms in total. The van der Waals surface area contributed by atoms with Gasteiger partial charge in [0.05, 0.1) is 0 Å². The molecule has 0 aromatic rings. The fourth-order valence-electron chi connectivity index (χ4n) is 2.99. The monoisotopic (exact) mass is 120 g/mol. The number of hydrogen-bond donors (Lipinski definition) is 0. The molecule has 0 aromatic heterocycles. The van der Waals surface area contributed by atoms with Crippen LogP contribution in [0.2, 0.25) is 0 Å². The van der Waals surface area contributed by atoms with Crippen molar-refractivity contribution in [2.75, 3.05) is 0 Å². The van der Waals surface area contributed by atoms with Crippen LogP contribution in [0.3, 0.4) is 0 Å². The lowest BCUT2D eigenvalue weighted by molar-refractivity contribution is 0.184. The molecule has 0 amide bonds. The molecule has 4 bridgehead atoms. The van der Waals surface area contributed by atoms with Crippen molar-refractivity contribution in [2.24, 2.45) is 17.8 Å². The normalized spacial score (nSPS) is 52.4. The molecule has 0 radical (unpaired) electrons. The van der Waals surface area contributed by atoms with Gasteiger partial charge in [0, 0.05) is 0 Å². The second kappa shape index (κ2) is 1.25. The van der Waals surface area contributed by atoms with Gasteiger partial charge in [0.15, 0.2) is 0 Å². The third-order valence-corrected chi connectivity index (χ3v) is 3.50. The summed E-state index contributed by atoms with van der Waals surface area (Å²) < 4.78 is 0. The fourth-order valence-corrected chi connectivity index (χ4v) is 2.99. The van der Waals surface area contributed by atoms with Crippen LogP contribution in [-0.2, 0) is 0 Å². The molecule has 3 atom stereocenters. The van der Waals surface area contributed by atoms with E-state index in [1.807, 2.05) is 5.57 Å². The Hall–Kier alpha value is -0.260. The maximum Gasteiger partial charge on any atom is -0.0166 e. The summed E-state index contributed by atoms with van der Waals surface area (Å²) in [6.07, 6.45) is 8.58. The second-order valence-electron chi connectivity index (χ2n) is 3.81. The summed E-state index contributed by atoms with van der Waals surface area (Å²) >= 11 is 0.